The highest BCUT2D eigenvalue weighted by atomic mass is 35.5. The fourth-order valence-electron chi connectivity index (χ4n) is 3.81. The van der Waals surface area contributed by atoms with Crippen LogP contribution in [-0.2, 0) is 20.5 Å². The first-order chi connectivity index (χ1) is 17.5. The lowest BCUT2D eigenvalue weighted by Gasteiger charge is -2.24. The number of rotatable bonds is 6. The standard InChI is InChI=1S/C26H18ClF3N2O5/c1-14(32-23(34)17-9-5-6-10-18(17)24(32)35)25(36)37-21(15-7-3-2-4-8-15)22(33)31-16-11-12-20(27)19(13-16)26(28,29)30/h2-14,21H,1H3,(H,31,33)/t14-,21+/m1/s1. The molecular weight excluding hydrogens is 513 g/mol. The Hall–Kier alpha value is -4.18. The van der Waals surface area contributed by atoms with Gasteiger partial charge in [-0.1, -0.05) is 54.1 Å². The van der Waals surface area contributed by atoms with E-state index in [-0.39, 0.29) is 22.4 Å². The lowest BCUT2D eigenvalue weighted by atomic mass is 10.1. The molecule has 7 nitrogen and oxygen atoms in total. The summed E-state index contributed by atoms with van der Waals surface area (Å²) in [6.45, 7) is 1.28. The van der Waals surface area contributed by atoms with Crippen LogP contribution in [0, 0.1) is 0 Å². The van der Waals surface area contributed by atoms with E-state index < -0.39 is 52.6 Å². The van der Waals surface area contributed by atoms with Crippen LogP contribution in [0.4, 0.5) is 18.9 Å². The van der Waals surface area contributed by atoms with Gasteiger partial charge in [-0.15, -0.1) is 0 Å². The first kappa shape index (κ1) is 25.9. The molecular formula is C26H18ClF3N2O5. The summed E-state index contributed by atoms with van der Waals surface area (Å²) >= 11 is 5.64. The molecule has 0 aromatic heterocycles. The van der Waals surface area contributed by atoms with E-state index in [4.69, 9.17) is 16.3 Å². The summed E-state index contributed by atoms with van der Waals surface area (Å²) in [6.07, 6.45) is -6.36. The second-order valence-electron chi connectivity index (χ2n) is 8.11. The first-order valence-corrected chi connectivity index (χ1v) is 11.3. The molecule has 3 aromatic rings. The zero-order valence-electron chi connectivity index (χ0n) is 19.1. The minimum absolute atomic E-state index is 0.132. The minimum atomic E-state index is -4.76. The van der Waals surface area contributed by atoms with Gasteiger partial charge < -0.3 is 10.1 Å². The number of esters is 1. The zero-order chi connectivity index (χ0) is 26.9. The third-order valence-electron chi connectivity index (χ3n) is 5.67. The maximum absolute atomic E-state index is 13.2. The summed E-state index contributed by atoms with van der Waals surface area (Å²) in [7, 11) is 0. The fourth-order valence-corrected chi connectivity index (χ4v) is 4.03. The topological polar surface area (TPSA) is 92.8 Å². The van der Waals surface area contributed by atoms with Crippen molar-refractivity contribution in [3.05, 3.63) is 100 Å². The van der Waals surface area contributed by atoms with Crippen LogP contribution in [0.3, 0.4) is 0 Å². The van der Waals surface area contributed by atoms with Crippen LogP contribution < -0.4 is 5.32 Å². The van der Waals surface area contributed by atoms with E-state index in [1.54, 1.807) is 30.3 Å². The van der Waals surface area contributed by atoms with Gasteiger partial charge in [-0.2, -0.15) is 13.2 Å². The number of hydrogen-bond acceptors (Lipinski definition) is 5. The van der Waals surface area contributed by atoms with E-state index in [1.165, 1.54) is 37.3 Å². The van der Waals surface area contributed by atoms with E-state index in [2.05, 4.69) is 5.32 Å². The molecule has 0 aliphatic carbocycles. The Morgan fingerprint density at radius 1 is 0.919 bits per heavy atom. The monoisotopic (exact) mass is 530 g/mol. The largest absolute Gasteiger partial charge is 0.446 e. The van der Waals surface area contributed by atoms with Crippen molar-refractivity contribution >= 4 is 41.0 Å². The van der Waals surface area contributed by atoms with Gasteiger partial charge in [0.2, 0.25) is 6.10 Å². The Bertz CT molecular complexity index is 1360. The number of nitrogens with zero attached hydrogens (tertiary/aromatic N) is 1. The van der Waals surface area contributed by atoms with Crippen molar-refractivity contribution in [3.63, 3.8) is 0 Å². The highest BCUT2D eigenvalue weighted by Crippen LogP contribution is 2.36. The van der Waals surface area contributed by atoms with Gasteiger partial charge in [0.25, 0.3) is 17.7 Å². The van der Waals surface area contributed by atoms with Crippen LogP contribution in [0.15, 0.2) is 72.8 Å². The highest BCUT2D eigenvalue weighted by Gasteiger charge is 2.42. The number of fused-ring (bicyclic) bond motifs is 1. The van der Waals surface area contributed by atoms with Crippen LogP contribution in [0.25, 0.3) is 0 Å². The molecule has 0 unspecified atom stereocenters. The third-order valence-corrected chi connectivity index (χ3v) is 6.00. The number of imide groups is 1. The number of nitrogens with one attached hydrogen (secondary N) is 1. The van der Waals surface area contributed by atoms with Gasteiger partial charge >= 0.3 is 12.1 Å². The molecule has 37 heavy (non-hydrogen) atoms. The van der Waals surface area contributed by atoms with Gasteiger partial charge in [0, 0.05) is 11.3 Å². The van der Waals surface area contributed by atoms with Gasteiger partial charge in [0.1, 0.15) is 6.04 Å². The predicted octanol–water partition coefficient (Wildman–Crippen LogP) is 5.27. The average molecular weight is 531 g/mol. The number of halogens is 4. The molecule has 0 spiro atoms. The Labute approximate surface area is 213 Å². The van der Waals surface area contributed by atoms with Crippen molar-refractivity contribution in [1.29, 1.82) is 0 Å². The molecule has 2 atom stereocenters. The Morgan fingerprint density at radius 3 is 2.05 bits per heavy atom. The zero-order valence-corrected chi connectivity index (χ0v) is 19.8. The molecule has 1 N–H and O–H groups in total. The van der Waals surface area contributed by atoms with Crippen molar-refractivity contribution in [2.45, 2.75) is 25.2 Å². The van der Waals surface area contributed by atoms with Crippen molar-refractivity contribution in [2.24, 2.45) is 0 Å². The molecule has 0 radical (unpaired) electrons. The number of carbonyl (C=O) groups is 4. The average Bonchev–Trinajstić information content (AvgIpc) is 3.12. The second kappa shape index (κ2) is 10.1. The predicted molar refractivity (Wildman–Crippen MR) is 127 cm³/mol. The van der Waals surface area contributed by atoms with E-state index in [9.17, 15) is 32.3 Å². The highest BCUT2D eigenvalue weighted by molar-refractivity contribution is 6.31. The summed E-state index contributed by atoms with van der Waals surface area (Å²) in [5.41, 5.74) is -0.903. The molecule has 11 heteroatoms. The molecule has 0 saturated heterocycles. The normalized spacial score (nSPS) is 14.7. The number of benzene rings is 3. The van der Waals surface area contributed by atoms with Crippen LogP contribution in [0.2, 0.25) is 5.02 Å². The molecule has 0 saturated carbocycles. The number of ether oxygens (including phenoxy) is 1. The summed E-state index contributed by atoms with van der Waals surface area (Å²) in [4.78, 5) is 52.3. The van der Waals surface area contributed by atoms with Gasteiger partial charge in [-0.25, -0.2) is 4.79 Å². The molecule has 190 valence electrons. The molecule has 3 amide bonds. The van der Waals surface area contributed by atoms with Gasteiger partial charge in [0.05, 0.1) is 21.7 Å². The fraction of sp³-hybridized carbons (Fsp3) is 0.154. The molecule has 4 rings (SSSR count). The minimum Gasteiger partial charge on any atom is -0.446 e. The van der Waals surface area contributed by atoms with Crippen LogP contribution in [0.1, 0.15) is 44.9 Å². The quantitative estimate of drug-likeness (QED) is 0.346. The van der Waals surface area contributed by atoms with Crippen LogP contribution in [0.5, 0.6) is 0 Å². The Kier molecular flexibility index (Phi) is 7.04. The van der Waals surface area contributed by atoms with Crippen molar-refractivity contribution in [1.82, 2.24) is 4.90 Å². The number of hydrogen-bond donors (Lipinski definition) is 1. The number of anilines is 1. The summed E-state index contributed by atoms with van der Waals surface area (Å²) in [6, 6.07) is 15.2. The molecule has 1 heterocycles. The Morgan fingerprint density at radius 2 is 1.49 bits per heavy atom. The van der Waals surface area contributed by atoms with E-state index in [0.29, 0.717) is 6.07 Å². The molecule has 1 aliphatic heterocycles. The van der Waals surface area contributed by atoms with E-state index in [0.717, 1.165) is 11.0 Å². The van der Waals surface area contributed by atoms with Gasteiger partial charge in [-0.3, -0.25) is 19.3 Å². The lowest BCUT2D eigenvalue weighted by molar-refractivity contribution is -0.158. The lowest BCUT2D eigenvalue weighted by Crippen LogP contribution is -2.44. The van der Waals surface area contributed by atoms with Crippen molar-refractivity contribution in [2.75, 3.05) is 5.32 Å². The number of amides is 3. The SMILES string of the molecule is C[C@H](C(=O)O[C@H](C(=O)Nc1ccc(Cl)c(C(F)(F)F)c1)c1ccccc1)N1C(=O)c2ccccc2C1=O. The molecule has 3 aromatic carbocycles. The summed E-state index contributed by atoms with van der Waals surface area (Å²) in [5.74, 6) is -3.40. The summed E-state index contributed by atoms with van der Waals surface area (Å²) < 4.78 is 45.1. The van der Waals surface area contributed by atoms with Gasteiger partial charge in [-0.05, 0) is 37.3 Å². The second-order valence-corrected chi connectivity index (χ2v) is 8.52. The summed E-state index contributed by atoms with van der Waals surface area (Å²) in [5, 5.41) is 1.75. The maximum Gasteiger partial charge on any atom is 0.417 e. The molecule has 0 fully saturated rings. The molecule has 1 aliphatic rings. The third kappa shape index (κ3) is 5.19. The van der Waals surface area contributed by atoms with Crippen molar-refractivity contribution < 1.29 is 37.1 Å². The smallest absolute Gasteiger partial charge is 0.417 e. The number of alkyl halides is 3. The first-order valence-electron chi connectivity index (χ1n) is 10.9. The van der Waals surface area contributed by atoms with Gasteiger partial charge in [0.15, 0.2) is 0 Å². The molecule has 0 bridgehead atoms. The van der Waals surface area contributed by atoms with Crippen molar-refractivity contribution in [3.8, 4) is 0 Å². The van der Waals surface area contributed by atoms with E-state index in [1.807, 2.05) is 0 Å². The Balaban J connectivity index is 1.58. The number of carbonyl (C=O) groups excluding carboxylic acids is 4. The van der Waals surface area contributed by atoms with Crippen LogP contribution in [-0.4, -0.2) is 34.6 Å². The maximum atomic E-state index is 13.2. The van der Waals surface area contributed by atoms with Crippen LogP contribution >= 0.6 is 11.6 Å². The van der Waals surface area contributed by atoms with E-state index >= 15 is 0 Å².